The van der Waals surface area contributed by atoms with E-state index >= 15 is 0 Å². The molecular weight excluding hydrogens is 393 g/mol. The molecule has 0 atom stereocenters. The number of halogens is 1. The minimum absolute atomic E-state index is 0.166. The third-order valence-electron chi connectivity index (χ3n) is 4.89. The Morgan fingerprint density at radius 2 is 2.03 bits per heavy atom. The fourth-order valence-electron chi connectivity index (χ4n) is 3.30. The van der Waals surface area contributed by atoms with Gasteiger partial charge in [0.25, 0.3) is 11.1 Å². The molecule has 2 aliphatic heterocycles. The molecule has 29 heavy (non-hydrogen) atoms. The summed E-state index contributed by atoms with van der Waals surface area (Å²) < 4.78 is 14.3. The number of imide groups is 1. The molecule has 7 nitrogen and oxygen atoms in total. The molecule has 0 aliphatic carbocycles. The van der Waals surface area contributed by atoms with Crippen LogP contribution in [0, 0.1) is 5.82 Å². The van der Waals surface area contributed by atoms with Crippen molar-refractivity contribution in [3.8, 4) is 11.3 Å². The molecule has 0 radical (unpaired) electrons. The van der Waals surface area contributed by atoms with Gasteiger partial charge in [-0.1, -0.05) is 0 Å². The summed E-state index contributed by atoms with van der Waals surface area (Å²) in [6, 6.07) is 4.58. The van der Waals surface area contributed by atoms with Crippen molar-refractivity contribution in [1.82, 2.24) is 20.2 Å². The number of amides is 2. The summed E-state index contributed by atoms with van der Waals surface area (Å²) in [4.78, 5) is 36.8. The zero-order valence-electron chi connectivity index (χ0n) is 15.9. The number of nitrogens with zero attached hydrogens (tertiary/aromatic N) is 4. The van der Waals surface area contributed by atoms with E-state index in [1.807, 2.05) is 0 Å². The lowest BCUT2D eigenvalue weighted by atomic mass is 10.1. The van der Waals surface area contributed by atoms with Crippen molar-refractivity contribution in [2.45, 2.75) is 6.42 Å². The largest absolute Gasteiger partial charge is 0.354 e. The van der Waals surface area contributed by atoms with Crippen molar-refractivity contribution in [2.75, 3.05) is 38.1 Å². The Kier molecular flexibility index (Phi) is 5.59. The maximum atomic E-state index is 14.3. The third kappa shape index (κ3) is 4.46. The van der Waals surface area contributed by atoms with E-state index in [0.717, 1.165) is 50.2 Å². The Bertz CT molecular complexity index is 997. The number of carbonyl (C=O) groups is 2. The van der Waals surface area contributed by atoms with Crippen LogP contribution >= 0.6 is 11.8 Å². The lowest BCUT2D eigenvalue weighted by molar-refractivity contribution is -0.115. The van der Waals surface area contributed by atoms with Crippen LogP contribution in [0.5, 0.6) is 0 Å². The van der Waals surface area contributed by atoms with Crippen LogP contribution in [0.2, 0.25) is 0 Å². The van der Waals surface area contributed by atoms with Gasteiger partial charge < -0.3 is 9.80 Å². The highest BCUT2D eigenvalue weighted by molar-refractivity contribution is 8.18. The van der Waals surface area contributed by atoms with Crippen LogP contribution in [0.4, 0.5) is 15.0 Å². The van der Waals surface area contributed by atoms with Gasteiger partial charge in [0.1, 0.15) is 11.6 Å². The first kappa shape index (κ1) is 19.5. The number of rotatable bonds is 3. The minimum Gasteiger partial charge on any atom is -0.354 e. The Hall–Kier alpha value is -2.78. The van der Waals surface area contributed by atoms with Crippen molar-refractivity contribution in [1.29, 1.82) is 0 Å². The predicted octanol–water partition coefficient (Wildman–Crippen LogP) is 2.75. The fraction of sp³-hybridized carbons (Fsp3) is 0.300. The molecule has 0 bridgehead atoms. The van der Waals surface area contributed by atoms with E-state index in [0.29, 0.717) is 11.3 Å². The average Bonchev–Trinajstić information content (AvgIpc) is 2.89. The molecule has 1 aromatic heterocycles. The number of anilines is 1. The van der Waals surface area contributed by atoms with Crippen molar-refractivity contribution in [2.24, 2.45) is 0 Å². The highest BCUT2D eigenvalue weighted by Crippen LogP contribution is 2.28. The molecule has 2 aliphatic rings. The van der Waals surface area contributed by atoms with Crippen LogP contribution in [0.15, 0.2) is 35.5 Å². The van der Waals surface area contributed by atoms with E-state index in [-0.39, 0.29) is 10.5 Å². The molecule has 2 amide bonds. The molecule has 2 fully saturated rings. The van der Waals surface area contributed by atoms with Gasteiger partial charge in [0.2, 0.25) is 0 Å². The quantitative estimate of drug-likeness (QED) is 0.775. The standard InChI is InChI=1S/C20H20FN5O2S/c1-25-5-2-6-26(8-7-25)18-12-22-11-16(23-18)13-3-4-15(21)14(9-13)10-17-19(27)24-20(28)29-17/h3-4,9-12H,2,5-8H2,1H3,(H,24,27,28)/b17-10-. The zero-order valence-corrected chi connectivity index (χ0v) is 16.7. The van der Waals surface area contributed by atoms with Crippen molar-refractivity contribution >= 4 is 34.8 Å². The van der Waals surface area contributed by atoms with Crippen LogP contribution in [-0.2, 0) is 4.79 Å². The number of hydrogen-bond donors (Lipinski definition) is 1. The van der Waals surface area contributed by atoms with Crippen LogP contribution in [0.3, 0.4) is 0 Å². The van der Waals surface area contributed by atoms with Crippen LogP contribution in [0.25, 0.3) is 17.3 Å². The van der Waals surface area contributed by atoms with E-state index in [2.05, 4.69) is 27.1 Å². The Morgan fingerprint density at radius 3 is 2.83 bits per heavy atom. The number of carbonyl (C=O) groups excluding carboxylic acids is 2. The molecule has 1 N–H and O–H groups in total. The van der Waals surface area contributed by atoms with Gasteiger partial charge in [-0.25, -0.2) is 9.37 Å². The summed E-state index contributed by atoms with van der Waals surface area (Å²) >= 11 is 0.758. The minimum atomic E-state index is -0.516. The van der Waals surface area contributed by atoms with E-state index < -0.39 is 17.0 Å². The molecular formula is C20H20FN5O2S. The van der Waals surface area contributed by atoms with Crippen LogP contribution in [0.1, 0.15) is 12.0 Å². The summed E-state index contributed by atoms with van der Waals surface area (Å²) in [6.07, 6.45) is 5.81. The highest BCUT2D eigenvalue weighted by Gasteiger charge is 2.25. The highest BCUT2D eigenvalue weighted by atomic mass is 32.2. The average molecular weight is 413 g/mol. The lowest BCUT2D eigenvalue weighted by Gasteiger charge is -2.21. The van der Waals surface area contributed by atoms with Crippen molar-refractivity contribution in [3.05, 3.63) is 46.9 Å². The summed E-state index contributed by atoms with van der Waals surface area (Å²) in [7, 11) is 2.11. The second-order valence-corrected chi connectivity index (χ2v) is 8.01. The van der Waals surface area contributed by atoms with Crippen LogP contribution < -0.4 is 10.2 Å². The number of likely N-dealkylation sites (N-methyl/N-ethyl adjacent to an activating group) is 1. The van der Waals surface area contributed by atoms with Gasteiger partial charge in [0.05, 0.1) is 23.0 Å². The molecule has 2 aromatic rings. The van der Waals surface area contributed by atoms with Gasteiger partial charge in [-0.3, -0.25) is 19.9 Å². The zero-order chi connectivity index (χ0) is 20.4. The Balaban J connectivity index is 1.63. The van der Waals surface area contributed by atoms with Crippen molar-refractivity contribution < 1.29 is 14.0 Å². The molecule has 0 saturated carbocycles. The number of hydrogen-bond acceptors (Lipinski definition) is 7. The molecule has 0 spiro atoms. The maximum Gasteiger partial charge on any atom is 0.290 e. The third-order valence-corrected chi connectivity index (χ3v) is 5.70. The molecule has 1 aromatic carbocycles. The SMILES string of the molecule is CN1CCCN(c2cncc(-c3ccc(F)c(/C=C4\SC(=O)NC4=O)c3)n2)CC1. The number of benzene rings is 1. The number of nitrogens with one attached hydrogen (secondary N) is 1. The van der Waals surface area contributed by atoms with Gasteiger partial charge in [0, 0.05) is 30.8 Å². The first-order chi connectivity index (χ1) is 14.0. The summed E-state index contributed by atoms with van der Waals surface area (Å²) in [5, 5.41) is 1.71. The molecule has 0 unspecified atom stereocenters. The Morgan fingerprint density at radius 1 is 1.17 bits per heavy atom. The summed E-state index contributed by atoms with van der Waals surface area (Å²) in [6.45, 7) is 3.78. The number of thioether (sulfide) groups is 1. The van der Waals surface area contributed by atoms with Gasteiger partial charge in [-0.05, 0) is 56.1 Å². The normalized spacial score (nSPS) is 19.5. The molecule has 150 valence electrons. The van der Waals surface area contributed by atoms with Gasteiger partial charge >= 0.3 is 0 Å². The van der Waals surface area contributed by atoms with E-state index in [4.69, 9.17) is 4.98 Å². The smallest absolute Gasteiger partial charge is 0.290 e. The fourth-order valence-corrected chi connectivity index (χ4v) is 3.97. The van der Waals surface area contributed by atoms with E-state index in [1.165, 1.54) is 12.1 Å². The second kappa shape index (κ2) is 8.30. The topological polar surface area (TPSA) is 78.4 Å². The van der Waals surface area contributed by atoms with Crippen LogP contribution in [-0.4, -0.2) is 59.2 Å². The summed E-state index contributed by atoms with van der Waals surface area (Å²) in [5.74, 6) is -0.204. The first-order valence-corrected chi connectivity index (χ1v) is 10.1. The number of aromatic nitrogens is 2. The summed E-state index contributed by atoms with van der Waals surface area (Å²) in [5.41, 5.74) is 1.53. The van der Waals surface area contributed by atoms with Gasteiger partial charge in [-0.15, -0.1) is 0 Å². The van der Waals surface area contributed by atoms with Gasteiger partial charge in [0.15, 0.2) is 0 Å². The maximum absolute atomic E-state index is 14.3. The predicted molar refractivity (Wildman–Crippen MR) is 111 cm³/mol. The monoisotopic (exact) mass is 413 g/mol. The lowest BCUT2D eigenvalue weighted by Crippen LogP contribution is -2.29. The molecule has 2 saturated heterocycles. The second-order valence-electron chi connectivity index (χ2n) is 6.99. The molecule has 4 rings (SSSR count). The Labute approximate surface area is 172 Å². The first-order valence-electron chi connectivity index (χ1n) is 9.30. The van der Waals surface area contributed by atoms with Crippen molar-refractivity contribution in [3.63, 3.8) is 0 Å². The van der Waals surface area contributed by atoms with E-state index in [9.17, 15) is 14.0 Å². The molecule has 9 heteroatoms. The van der Waals surface area contributed by atoms with Gasteiger partial charge in [-0.2, -0.15) is 0 Å². The van der Waals surface area contributed by atoms with E-state index in [1.54, 1.807) is 24.5 Å². The molecule has 3 heterocycles.